The molecule has 0 spiro atoms. The van der Waals surface area contributed by atoms with E-state index in [0.29, 0.717) is 17.3 Å². The third kappa shape index (κ3) is 10.5. The van der Waals surface area contributed by atoms with Gasteiger partial charge in [-0.3, -0.25) is 0 Å². The number of aliphatic hydroxyl groups excluding tert-OH is 2. The summed E-state index contributed by atoms with van der Waals surface area (Å²) in [5, 5.41) is 19.1. The quantitative estimate of drug-likeness (QED) is 0.192. The first kappa shape index (κ1) is 38.5. The molecule has 4 nitrogen and oxygen atoms in total. The highest BCUT2D eigenvalue weighted by Crippen LogP contribution is 2.41. The molecule has 2 aromatic rings. The smallest absolute Gasteiger partial charge is 0.102 e. The Morgan fingerprint density at radius 2 is 1.28 bits per heavy atom. The zero-order valence-electron chi connectivity index (χ0n) is 30.4. The molecule has 0 saturated carbocycles. The van der Waals surface area contributed by atoms with Gasteiger partial charge in [-0.1, -0.05) is 141 Å². The van der Waals surface area contributed by atoms with E-state index in [0.717, 1.165) is 25.1 Å². The van der Waals surface area contributed by atoms with Crippen LogP contribution in [0.3, 0.4) is 0 Å². The number of hydrogen-bond acceptors (Lipinski definition) is 4. The van der Waals surface area contributed by atoms with Crippen LogP contribution in [0, 0.1) is 11.8 Å². The molecule has 5 unspecified atom stereocenters. The molecule has 2 saturated heterocycles. The maximum absolute atomic E-state index is 9.93. The highest BCUT2D eigenvalue weighted by Gasteiger charge is 2.39. The molecule has 0 aromatic heterocycles. The minimum atomic E-state index is -0.775. The summed E-state index contributed by atoms with van der Waals surface area (Å²) in [5.41, 5.74) is 5.30. The van der Waals surface area contributed by atoms with E-state index in [-0.39, 0.29) is 12.0 Å². The summed E-state index contributed by atoms with van der Waals surface area (Å²) in [4.78, 5) is 5.30. The van der Waals surface area contributed by atoms with Gasteiger partial charge in [0.15, 0.2) is 0 Å². The Morgan fingerprint density at radius 3 is 1.74 bits per heavy atom. The van der Waals surface area contributed by atoms with Crippen LogP contribution < -0.4 is 0 Å². The van der Waals surface area contributed by atoms with Gasteiger partial charge in [0.25, 0.3) is 0 Å². The lowest BCUT2D eigenvalue weighted by Gasteiger charge is -2.45. The molecule has 2 fully saturated rings. The molecule has 2 aliphatic rings. The summed E-state index contributed by atoms with van der Waals surface area (Å²) >= 11 is 0. The van der Waals surface area contributed by atoms with Crippen molar-refractivity contribution in [2.75, 3.05) is 45.9 Å². The number of likely N-dealkylation sites (tertiary alicyclic amines) is 2. The second-order valence-corrected chi connectivity index (χ2v) is 15.0. The van der Waals surface area contributed by atoms with Crippen molar-refractivity contribution in [2.24, 2.45) is 11.8 Å². The summed E-state index contributed by atoms with van der Waals surface area (Å²) in [5.74, 6) is 1.28. The van der Waals surface area contributed by atoms with Crippen molar-refractivity contribution < 1.29 is 10.2 Å². The average molecular weight is 633 g/mol. The van der Waals surface area contributed by atoms with E-state index in [1.165, 1.54) is 101 Å². The lowest BCUT2D eigenvalue weighted by Crippen LogP contribution is -2.47. The maximum atomic E-state index is 9.93. The van der Waals surface area contributed by atoms with Gasteiger partial charge in [0, 0.05) is 13.1 Å². The van der Waals surface area contributed by atoms with E-state index < -0.39 is 6.10 Å². The molecule has 0 bridgehead atoms. The SMILES string of the molecule is C=Cc1cccc(C2(C)CCN(CCCCCC)CC2C)c1.CCCCCCN1CCC(C)(c2cccc(C(O)CO)c2)C(C)C1. The lowest BCUT2D eigenvalue weighted by atomic mass is 9.67. The fourth-order valence-corrected chi connectivity index (χ4v) is 7.65. The van der Waals surface area contributed by atoms with Crippen molar-refractivity contribution in [2.45, 2.75) is 123 Å². The molecule has 2 heterocycles. The predicted octanol–water partition coefficient (Wildman–Crippen LogP) is 9.40. The molecule has 258 valence electrons. The number of rotatable bonds is 15. The standard InChI is InChI=1S/C21H35NO2.C21H33N/c1-4-5-6-7-12-22-13-11-21(3,17(2)15-22)19-10-8-9-18(14-19)20(24)16-23;1-5-7-8-9-14-22-15-13-21(4,18(3)17-22)20-12-10-11-19(6-2)16-20/h8-10,14,17,20,23-24H,4-7,11-13,15-16H2,1-3H3;6,10-12,16,18H,2,5,7-9,13-15,17H2,1,3-4H3. The number of benzene rings is 2. The van der Waals surface area contributed by atoms with Crippen LogP contribution in [-0.4, -0.2) is 65.9 Å². The Labute approximate surface area is 283 Å². The molecule has 2 N–H and O–H groups in total. The fraction of sp³-hybridized carbons (Fsp3) is 0.667. The fourth-order valence-electron chi connectivity index (χ4n) is 7.65. The van der Waals surface area contributed by atoms with Gasteiger partial charge in [-0.2, -0.15) is 0 Å². The van der Waals surface area contributed by atoms with Gasteiger partial charge < -0.3 is 20.0 Å². The van der Waals surface area contributed by atoms with E-state index in [4.69, 9.17) is 0 Å². The Hall–Kier alpha value is -1.98. The van der Waals surface area contributed by atoms with Crippen molar-refractivity contribution >= 4 is 6.08 Å². The first-order valence-electron chi connectivity index (χ1n) is 18.7. The second-order valence-electron chi connectivity index (χ2n) is 15.0. The van der Waals surface area contributed by atoms with Crippen LogP contribution in [0.1, 0.15) is 134 Å². The van der Waals surface area contributed by atoms with Gasteiger partial charge in [0.2, 0.25) is 0 Å². The molecule has 5 atom stereocenters. The summed E-state index contributed by atoms with van der Waals surface area (Å²) in [6.07, 6.45) is 14.4. The van der Waals surface area contributed by atoms with Gasteiger partial charge in [0.1, 0.15) is 6.10 Å². The van der Waals surface area contributed by atoms with Crippen molar-refractivity contribution in [1.29, 1.82) is 0 Å². The topological polar surface area (TPSA) is 46.9 Å². The molecule has 0 aliphatic carbocycles. The first-order valence-corrected chi connectivity index (χ1v) is 18.7. The highest BCUT2D eigenvalue weighted by atomic mass is 16.3. The van der Waals surface area contributed by atoms with Gasteiger partial charge in [0.05, 0.1) is 6.61 Å². The molecule has 4 rings (SSSR count). The molecule has 0 amide bonds. The van der Waals surface area contributed by atoms with E-state index >= 15 is 0 Å². The number of hydrogen-bond donors (Lipinski definition) is 2. The van der Waals surface area contributed by atoms with E-state index in [9.17, 15) is 10.2 Å². The lowest BCUT2D eigenvalue weighted by molar-refractivity contribution is 0.0943. The minimum absolute atomic E-state index is 0.144. The Balaban J connectivity index is 0.000000251. The van der Waals surface area contributed by atoms with Crippen molar-refractivity contribution in [3.8, 4) is 0 Å². The molecule has 0 radical (unpaired) electrons. The number of aliphatic hydroxyl groups is 2. The van der Waals surface area contributed by atoms with Gasteiger partial charge >= 0.3 is 0 Å². The van der Waals surface area contributed by atoms with Crippen LogP contribution in [0.4, 0.5) is 0 Å². The zero-order chi connectivity index (χ0) is 33.6. The van der Waals surface area contributed by atoms with Crippen LogP contribution in [0.25, 0.3) is 6.08 Å². The highest BCUT2D eigenvalue weighted by molar-refractivity contribution is 5.49. The zero-order valence-corrected chi connectivity index (χ0v) is 30.4. The van der Waals surface area contributed by atoms with Crippen molar-refractivity contribution in [3.63, 3.8) is 0 Å². The van der Waals surface area contributed by atoms with E-state index in [2.05, 4.69) is 94.3 Å². The third-order valence-corrected chi connectivity index (χ3v) is 11.7. The Morgan fingerprint density at radius 1 is 0.783 bits per heavy atom. The van der Waals surface area contributed by atoms with Crippen molar-refractivity contribution in [3.05, 3.63) is 77.4 Å². The summed E-state index contributed by atoms with van der Waals surface area (Å²) < 4.78 is 0. The van der Waals surface area contributed by atoms with Crippen LogP contribution in [0.5, 0.6) is 0 Å². The summed E-state index contributed by atoms with van der Waals surface area (Å²) in [6.45, 7) is 25.1. The van der Waals surface area contributed by atoms with Crippen LogP contribution in [0.2, 0.25) is 0 Å². The minimum Gasteiger partial charge on any atom is -0.393 e. The first-order chi connectivity index (χ1) is 22.1. The Kier molecular flexibility index (Phi) is 16.0. The second kappa shape index (κ2) is 19.1. The average Bonchev–Trinajstić information content (AvgIpc) is 3.08. The number of piperidine rings is 2. The maximum Gasteiger partial charge on any atom is 0.102 e. The molecule has 4 heteroatoms. The van der Waals surface area contributed by atoms with Crippen LogP contribution in [0.15, 0.2) is 55.1 Å². The van der Waals surface area contributed by atoms with E-state index in [1.54, 1.807) is 0 Å². The monoisotopic (exact) mass is 633 g/mol. The normalized spacial score (nSPS) is 26.3. The van der Waals surface area contributed by atoms with Gasteiger partial charge in [-0.15, -0.1) is 0 Å². The molecule has 46 heavy (non-hydrogen) atoms. The number of unbranched alkanes of at least 4 members (excludes halogenated alkanes) is 6. The molecule has 2 aliphatic heterocycles. The Bertz CT molecular complexity index is 1170. The van der Waals surface area contributed by atoms with Crippen LogP contribution >= 0.6 is 0 Å². The van der Waals surface area contributed by atoms with Crippen LogP contribution in [-0.2, 0) is 10.8 Å². The molecule has 2 aromatic carbocycles. The third-order valence-electron chi connectivity index (χ3n) is 11.7. The summed E-state index contributed by atoms with van der Waals surface area (Å²) in [7, 11) is 0. The van der Waals surface area contributed by atoms with Crippen molar-refractivity contribution in [1.82, 2.24) is 9.80 Å². The molecular formula is C42H68N2O2. The largest absolute Gasteiger partial charge is 0.393 e. The van der Waals surface area contributed by atoms with E-state index in [1.807, 2.05) is 18.2 Å². The summed E-state index contributed by atoms with van der Waals surface area (Å²) in [6, 6.07) is 17.2. The predicted molar refractivity (Wildman–Crippen MR) is 198 cm³/mol. The van der Waals surface area contributed by atoms with Gasteiger partial charge in [-0.25, -0.2) is 0 Å². The molecular weight excluding hydrogens is 564 g/mol. The number of nitrogens with zero attached hydrogens (tertiary/aromatic N) is 2. The van der Waals surface area contributed by atoms with Gasteiger partial charge in [-0.05, 0) is 96.8 Å².